The van der Waals surface area contributed by atoms with E-state index in [2.05, 4.69) is 18.7 Å². The van der Waals surface area contributed by atoms with E-state index in [1.165, 1.54) is 19.3 Å². The lowest BCUT2D eigenvalue weighted by Crippen LogP contribution is -2.37. The van der Waals surface area contributed by atoms with Gasteiger partial charge in [-0.05, 0) is 50.5 Å². The third kappa shape index (κ3) is 3.51. The van der Waals surface area contributed by atoms with Crippen LogP contribution in [-0.2, 0) is 0 Å². The van der Waals surface area contributed by atoms with Crippen LogP contribution in [0, 0.1) is 5.41 Å². The van der Waals surface area contributed by atoms with Crippen LogP contribution in [0.25, 0.3) is 0 Å². The average molecular weight is 275 g/mol. The fourth-order valence-electron chi connectivity index (χ4n) is 2.97. The molecule has 1 aromatic carbocycles. The first-order valence-electron chi connectivity index (χ1n) is 7.44. The van der Waals surface area contributed by atoms with Crippen LogP contribution in [0.5, 0.6) is 5.75 Å². The van der Waals surface area contributed by atoms with Gasteiger partial charge in [-0.15, -0.1) is 0 Å². The predicted molar refractivity (Wildman–Crippen MR) is 82.4 cm³/mol. The highest BCUT2D eigenvalue weighted by Crippen LogP contribution is 2.25. The molecular formula is C16H25N3O. The number of likely N-dealkylation sites (tertiary alicyclic amines) is 1. The smallest absolute Gasteiger partial charge is 0.122 e. The van der Waals surface area contributed by atoms with Crippen molar-refractivity contribution in [1.82, 2.24) is 4.90 Å². The van der Waals surface area contributed by atoms with Gasteiger partial charge in [0.15, 0.2) is 0 Å². The van der Waals surface area contributed by atoms with Crippen LogP contribution < -0.4 is 10.5 Å². The lowest BCUT2D eigenvalue weighted by atomic mass is 10.1. The highest BCUT2D eigenvalue weighted by atomic mass is 16.5. The van der Waals surface area contributed by atoms with Gasteiger partial charge in [-0.1, -0.05) is 6.92 Å². The monoisotopic (exact) mass is 275 g/mol. The summed E-state index contributed by atoms with van der Waals surface area (Å²) in [4.78, 5) is 2.56. The molecule has 0 aliphatic carbocycles. The number of nitrogens with two attached hydrogens (primary N) is 1. The van der Waals surface area contributed by atoms with E-state index in [0.717, 1.165) is 17.9 Å². The van der Waals surface area contributed by atoms with E-state index < -0.39 is 0 Å². The molecule has 0 spiro atoms. The summed E-state index contributed by atoms with van der Waals surface area (Å²) in [6.07, 6.45) is 3.83. The van der Waals surface area contributed by atoms with Crippen molar-refractivity contribution in [2.24, 2.45) is 5.73 Å². The molecule has 2 atom stereocenters. The molecule has 1 aliphatic heterocycles. The molecule has 0 amide bonds. The molecule has 0 saturated carbocycles. The summed E-state index contributed by atoms with van der Waals surface area (Å²) in [5.41, 5.74) is 6.16. The van der Waals surface area contributed by atoms with Crippen molar-refractivity contribution in [3.63, 3.8) is 0 Å². The molecule has 0 radical (unpaired) electrons. The van der Waals surface area contributed by atoms with Gasteiger partial charge < -0.3 is 10.5 Å². The second-order valence-corrected chi connectivity index (χ2v) is 5.51. The van der Waals surface area contributed by atoms with Crippen molar-refractivity contribution >= 4 is 5.84 Å². The summed E-state index contributed by atoms with van der Waals surface area (Å²) in [6, 6.07) is 8.79. The Kier molecular flexibility index (Phi) is 5.01. The Morgan fingerprint density at radius 2 is 2.05 bits per heavy atom. The lowest BCUT2D eigenvalue weighted by Gasteiger charge is -2.27. The second-order valence-electron chi connectivity index (χ2n) is 5.51. The number of rotatable bonds is 6. The molecule has 2 rings (SSSR count). The summed E-state index contributed by atoms with van der Waals surface area (Å²) in [5.74, 6) is 0.933. The molecule has 1 aromatic rings. The SMILES string of the molecule is CCC1CCC(C)N1CCOc1ccc(C(=N)N)cc1. The Labute approximate surface area is 121 Å². The Morgan fingerprint density at radius 3 is 2.65 bits per heavy atom. The van der Waals surface area contributed by atoms with E-state index in [9.17, 15) is 0 Å². The highest BCUT2D eigenvalue weighted by Gasteiger charge is 2.28. The van der Waals surface area contributed by atoms with E-state index in [1.807, 2.05) is 24.3 Å². The van der Waals surface area contributed by atoms with E-state index in [4.69, 9.17) is 15.9 Å². The standard InChI is InChI=1S/C16H25N3O/c1-3-14-7-4-12(2)19(14)10-11-20-15-8-5-13(6-9-15)16(17)18/h5-6,8-9,12,14H,3-4,7,10-11H2,1-2H3,(H3,17,18). The first-order valence-corrected chi connectivity index (χ1v) is 7.44. The molecule has 3 N–H and O–H groups in total. The van der Waals surface area contributed by atoms with Crippen molar-refractivity contribution < 1.29 is 4.74 Å². The van der Waals surface area contributed by atoms with Gasteiger partial charge in [0.05, 0.1) is 0 Å². The maximum absolute atomic E-state index is 7.35. The van der Waals surface area contributed by atoms with Crippen LogP contribution in [0.15, 0.2) is 24.3 Å². The van der Waals surface area contributed by atoms with Crippen molar-refractivity contribution in [3.05, 3.63) is 29.8 Å². The molecule has 0 bridgehead atoms. The molecule has 110 valence electrons. The molecule has 1 saturated heterocycles. The molecule has 1 aliphatic rings. The fraction of sp³-hybridized carbons (Fsp3) is 0.562. The largest absolute Gasteiger partial charge is 0.492 e. The average Bonchev–Trinajstić information content (AvgIpc) is 2.80. The van der Waals surface area contributed by atoms with Gasteiger partial charge >= 0.3 is 0 Å². The molecule has 0 aromatic heterocycles. The number of ether oxygens (including phenoxy) is 1. The molecular weight excluding hydrogens is 250 g/mol. The van der Waals surface area contributed by atoms with Crippen LogP contribution >= 0.6 is 0 Å². The number of hydrogen-bond acceptors (Lipinski definition) is 3. The Morgan fingerprint density at radius 1 is 1.35 bits per heavy atom. The summed E-state index contributed by atoms with van der Waals surface area (Å²) >= 11 is 0. The van der Waals surface area contributed by atoms with Crippen LogP contribution in [0.4, 0.5) is 0 Å². The predicted octanol–water partition coefficient (Wildman–Crippen LogP) is 2.61. The van der Waals surface area contributed by atoms with E-state index in [1.54, 1.807) is 0 Å². The van der Waals surface area contributed by atoms with Crippen LogP contribution in [-0.4, -0.2) is 36.0 Å². The van der Waals surface area contributed by atoms with Crippen molar-refractivity contribution in [3.8, 4) is 5.75 Å². The third-order valence-electron chi connectivity index (χ3n) is 4.21. The molecule has 20 heavy (non-hydrogen) atoms. The van der Waals surface area contributed by atoms with E-state index in [-0.39, 0.29) is 5.84 Å². The number of hydrogen-bond donors (Lipinski definition) is 2. The van der Waals surface area contributed by atoms with Gasteiger partial charge in [0.25, 0.3) is 0 Å². The van der Waals surface area contributed by atoms with Crippen molar-refractivity contribution in [2.45, 2.75) is 45.2 Å². The van der Waals surface area contributed by atoms with Crippen LogP contribution in [0.2, 0.25) is 0 Å². The number of nitrogens with zero attached hydrogens (tertiary/aromatic N) is 1. The summed E-state index contributed by atoms with van der Waals surface area (Å²) < 4.78 is 5.79. The minimum atomic E-state index is 0.0910. The Bertz CT molecular complexity index is 444. The molecule has 1 heterocycles. The summed E-state index contributed by atoms with van der Waals surface area (Å²) in [5, 5.41) is 7.35. The Balaban J connectivity index is 1.82. The fourth-order valence-corrected chi connectivity index (χ4v) is 2.97. The maximum Gasteiger partial charge on any atom is 0.122 e. The van der Waals surface area contributed by atoms with Gasteiger partial charge in [-0.2, -0.15) is 0 Å². The Hall–Kier alpha value is -1.55. The summed E-state index contributed by atoms with van der Waals surface area (Å²) in [7, 11) is 0. The first-order chi connectivity index (χ1) is 9.61. The minimum absolute atomic E-state index is 0.0910. The highest BCUT2D eigenvalue weighted by molar-refractivity contribution is 5.94. The second kappa shape index (κ2) is 6.75. The number of nitrogen functional groups attached to an aromatic ring is 1. The topological polar surface area (TPSA) is 62.3 Å². The van der Waals surface area contributed by atoms with Crippen LogP contribution in [0.3, 0.4) is 0 Å². The third-order valence-corrected chi connectivity index (χ3v) is 4.21. The van der Waals surface area contributed by atoms with Gasteiger partial charge in [-0.25, -0.2) is 0 Å². The van der Waals surface area contributed by atoms with Gasteiger partial charge in [0.2, 0.25) is 0 Å². The molecule has 4 nitrogen and oxygen atoms in total. The van der Waals surface area contributed by atoms with Crippen molar-refractivity contribution in [1.29, 1.82) is 5.41 Å². The van der Waals surface area contributed by atoms with Crippen LogP contribution in [0.1, 0.15) is 38.7 Å². The zero-order valence-corrected chi connectivity index (χ0v) is 12.4. The lowest BCUT2D eigenvalue weighted by molar-refractivity contribution is 0.159. The van der Waals surface area contributed by atoms with E-state index >= 15 is 0 Å². The zero-order chi connectivity index (χ0) is 14.5. The van der Waals surface area contributed by atoms with Gasteiger partial charge in [0.1, 0.15) is 18.2 Å². The molecule has 1 fully saturated rings. The van der Waals surface area contributed by atoms with E-state index in [0.29, 0.717) is 18.7 Å². The number of amidine groups is 1. The number of nitrogens with one attached hydrogen (secondary N) is 1. The van der Waals surface area contributed by atoms with Gasteiger partial charge in [0, 0.05) is 24.2 Å². The summed E-state index contributed by atoms with van der Waals surface area (Å²) in [6.45, 7) is 6.25. The molecule has 4 heteroatoms. The first kappa shape index (κ1) is 14.9. The van der Waals surface area contributed by atoms with Crippen molar-refractivity contribution in [2.75, 3.05) is 13.2 Å². The quantitative estimate of drug-likeness (QED) is 0.619. The zero-order valence-electron chi connectivity index (χ0n) is 12.4. The maximum atomic E-state index is 7.35. The number of benzene rings is 1. The minimum Gasteiger partial charge on any atom is -0.492 e. The van der Waals surface area contributed by atoms with Gasteiger partial charge in [-0.3, -0.25) is 10.3 Å². The molecule has 2 unspecified atom stereocenters. The normalized spacial score (nSPS) is 22.9.